The number of amides is 2. The number of rotatable bonds is 5. The fraction of sp³-hybridized carbons (Fsp3) is 0.464. The number of nitrogens with one attached hydrogen (secondary N) is 2. The van der Waals surface area contributed by atoms with Gasteiger partial charge in [0.1, 0.15) is 11.5 Å². The van der Waals surface area contributed by atoms with Gasteiger partial charge in [0.05, 0.1) is 28.5 Å². The Bertz CT molecular complexity index is 1460. The summed E-state index contributed by atoms with van der Waals surface area (Å²) in [7, 11) is 1.88. The first kappa shape index (κ1) is 31.0. The van der Waals surface area contributed by atoms with Gasteiger partial charge in [-0.2, -0.15) is 13.2 Å². The normalized spacial score (nSPS) is 18.2. The summed E-state index contributed by atoms with van der Waals surface area (Å²) in [5.41, 5.74) is -4.49. The molecule has 0 spiro atoms. The van der Waals surface area contributed by atoms with Crippen LogP contribution in [0, 0.1) is 11.6 Å². The summed E-state index contributed by atoms with van der Waals surface area (Å²) in [6.07, 6.45) is -3.69. The van der Waals surface area contributed by atoms with E-state index >= 15 is 8.78 Å². The zero-order valence-corrected chi connectivity index (χ0v) is 23.6. The fourth-order valence-corrected chi connectivity index (χ4v) is 4.97. The minimum absolute atomic E-state index is 0.0364. The van der Waals surface area contributed by atoms with Gasteiger partial charge < -0.3 is 29.7 Å². The first-order valence-electron chi connectivity index (χ1n) is 13.4. The van der Waals surface area contributed by atoms with Crippen LogP contribution in [0.2, 0.25) is 0 Å². The van der Waals surface area contributed by atoms with Crippen molar-refractivity contribution in [3.63, 3.8) is 0 Å². The fourth-order valence-electron chi connectivity index (χ4n) is 4.97. The number of carbonyl (C=O) groups is 2. The molecule has 1 fully saturated rings. The van der Waals surface area contributed by atoms with E-state index in [2.05, 4.69) is 5.32 Å². The Labute approximate surface area is 238 Å². The van der Waals surface area contributed by atoms with Crippen molar-refractivity contribution in [2.75, 3.05) is 50.0 Å². The number of H-pyrrole nitrogens is 1. The van der Waals surface area contributed by atoms with Gasteiger partial charge in [-0.3, -0.25) is 9.59 Å². The molecule has 2 aromatic rings. The highest BCUT2D eigenvalue weighted by Gasteiger charge is 2.37. The molecule has 1 atom stereocenters. The van der Waals surface area contributed by atoms with E-state index in [1.165, 1.54) is 4.90 Å². The number of likely N-dealkylation sites (N-methyl/N-ethyl adjacent to an activating group) is 1. The predicted molar refractivity (Wildman–Crippen MR) is 146 cm³/mol. The topological polar surface area (TPSA) is 98.0 Å². The molecule has 14 heteroatoms. The van der Waals surface area contributed by atoms with Crippen molar-refractivity contribution < 1.29 is 36.3 Å². The molecule has 2 amide bonds. The van der Waals surface area contributed by atoms with Crippen LogP contribution in [0.5, 0.6) is 0 Å². The number of ether oxygens (including phenoxy) is 1. The third-order valence-corrected chi connectivity index (χ3v) is 7.28. The number of hydrogen-bond acceptors (Lipinski definition) is 6. The van der Waals surface area contributed by atoms with Crippen LogP contribution in [-0.2, 0) is 10.9 Å². The molecule has 0 unspecified atom stereocenters. The monoisotopic (exact) mass is 597 g/mol. The lowest BCUT2D eigenvalue weighted by atomic mass is 9.97. The van der Waals surface area contributed by atoms with Crippen LogP contribution in [-0.4, -0.2) is 78.7 Å². The highest BCUT2D eigenvalue weighted by Crippen LogP contribution is 2.39. The Morgan fingerprint density at radius 3 is 2.50 bits per heavy atom. The molecule has 42 heavy (non-hydrogen) atoms. The van der Waals surface area contributed by atoms with Crippen LogP contribution < -0.4 is 15.8 Å². The smallest absolute Gasteiger partial charge is 0.417 e. The maximum absolute atomic E-state index is 16.4. The summed E-state index contributed by atoms with van der Waals surface area (Å²) in [4.78, 5) is 44.3. The molecule has 1 saturated heterocycles. The number of piperazine rings is 1. The molecule has 9 nitrogen and oxygen atoms in total. The summed E-state index contributed by atoms with van der Waals surface area (Å²) in [5.74, 6) is -3.51. The second-order valence-corrected chi connectivity index (χ2v) is 10.7. The number of alkyl halides is 3. The molecular weight excluding hydrogens is 565 g/mol. The van der Waals surface area contributed by atoms with Crippen LogP contribution in [0.15, 0.2) is 29.2 Å². The Kier molecular flexibility index (Phi) is 8.95. The Morgan fingerprint density at radius 2 is 1.86 bits per heavy atom. The van der Waals surface area contributed by atoms with Gasteiger partial charge in [-0.1, -0.05) is 6.08 Å². The quantitative estimate of drug-likeness (QED) is 0.486. The van der Waals surface area contributed by atoms with E-state index < -0.39 is 63.9 Å². The zero-order chi connectivity index (χ0) is 30.9. The largest absolute Gasteiger partial charge is 0.447 e. The number of anilines is 2. The Balaban J connectivity index is 1.80. The van der Waals surface area contributed by atoms with E-state index in [0.717, 1.165) is 6.07 Å². The van der Waals surface area contributed by atoms with Gasteiger partial charge in [0.15, 0.2) is 5.82 Å². The van der Waals surface area contributed by atoms with Crippen LogP contribution >= 0.6 is 0 Å². The number of halogens is 5. The molecule has 0 saturated carbocycles. The number of hydrogen-bond donors (Lipinski definition) is 2. The number of pyridine rings is 1. The molecular formula is C28H32F5N5O4. The molecule has 0 bridgehead atoms. The minimum atomic E-state index is -5.05. The number of benzene rings is 1. The lowest BCUT2D eigenvalue weighted by molar-refractivity contribution is -0.138. The van der Waals surface area contributed by atoms with Gasteiger partial charge >= 0.3 is 12.3 Å². The van der Waals surface area contributed by atoms with Crippen molar-refractivity contribution in [2.45, 2.75) is 45.5 Å². The SMILES string of the molecule is CC(C)OC(=O)N1CCC=C(c2c(F)cc(N3CCN(C)[C@@H](C)C3)c(NC(=O)c3c[nH]c(=O)cc3C(F)(F)F)c2F)C1. The van der Waals surface area contributed by atoms with E-state index in [0.29, 0.717) is 25.8 Å². The average molecular weight is 598 g/mol. The van der Waals surface area contributed by atoms with Crippen molar-refractivity contribution in [1.29, 1.82) is 0 Å². The van der Waals surface area contributed by atoms with Crippen molar-refractivity contribution in [2.24, 2.45) is 0 Å². The van der Waals surface area contributed by atoms with Crippen molar-refractivity contribution in [3.8, 4) is 0 Å². The molecule has 0 aliphatic carbocycles. The van der Waals surface area contributed by atoms with E-state index in [1.807, 2.05) is 23.9 Å². The predicted octanol–water partition coefficient (Wildman–Crippen LogP) is 4.70. The maximum Gasteiger partial charge on any atom is 0.417 e. The standard InChI is InChI=1S/C28H32F5N5O4/c1-15(2)42-27(41)38-7-5-6-17(14-38)23-20(29)11-21(37-9-8-36(4)16(3)13-37)25(24(23)30)35-26(40)18-12-34-22(39)10-19(18)28(31,32)33/h6,10-12,15-16H,5,7-9,13-14H2,1-4H3,(H,34,39)(H,35,40)/t16-/m0/s1. The summed E-state index contributed by atoms with van der Waals surface area (Å²) in [6.45, 7) is 6.47. The Morgan fingerprint density at radius 1 is 1.14 bits per heavy atom. The summed E-state index contributed by atoms with van der Waals surface area (Å²) >= 11 is 0. The highest BCUT2D eigenvalue weighted by molar-refractivity contribution is 6.07. The molecule has 2 aliphatic heterocycles. The lowest BCUT2D eigenvalue weighted by Crippen LogP contribution is -2.50. The minimum Gasteiger partial charge on any atom is -0.447 e. The van der Waals surface area contributed by atoms with Crippen LogP contribution in [0.3, 0.4) is 0 Å². The van der Waals surface area contributed by atoms with Crippen molar-refractivity contribution in [3.05, 3.63) is 63.1 Å². The molecule has 2 N–H and O–H groups in total. The van der Waals surface area contributed by atoms with E-state index in [4.69, 9.17) is 4.74 Å². The molecule has 1 aromatic carbocycles. The van der Waals surface area contributed by atoms with Gasteiger partial charge in [-0.05, 0) is 39.8 Å². The van der Waals surface area contributed by atoms with Gasteiger partial charge in [0, 0.05) is 57.1 Å². The molecule has 3 heterocycles. The maximum atomic E-state index is 16.4. The van der Waals surface area contributed by atoms with Crippen LogP contribution in [0.25, 0.3) is 5.57 Å². The number of aromatic amines is 1. The Hall–Kier alpha value is -3.94. The van der Waals surface area contributed by atoms with Crippen LogP contribution in [0.1, 0.15) is 48.7 Å². The van der Waals surface area contributed by atoms with E-state index in [-0.39, 0.29) is 42.9 Å². The number of carbonyl (C=O) groups excluding carboxylic acids is 2. The van der Waals surface area contributed by atoms with Gasteiger partial charge in [0.25, 0.3) is 5.91 Å². The first-order chi connectivity index (χ1) is 19.7. The molecule has 1 aromatic heterocycles. The van der Waals surface area contributed by atoms with Gasteiger partial charge in [-0.15, -0.1) is 0 Å². The lowest BCUT2D eigenvalue weighted by Gasteiger charge is -2.40. The van der Waals surface area contributed by atoms with E-state index in [1.54, 1.807) is 24.8 Å². The second kappa shape index (κ2) is 12.1. The first-order valence-corrected chi connectivity index (χ1v) is 13.4. The van der Waals surface area contributed by atoms with E-state index in [9.17, 15) is 27.6 Å². The average Bonchev–Trinajstić information content (AvgIpc) is 2.91. The van der Waals surface area contributed by atoms with Crippen molar-refractivity contribution >= 4 is 28.9 Å². The molecule has 0 radical (unpaired) electrons. The number of nitrogens with zero attached hydrogens (tertiary/aromatic N) is 3. The summed E-state index contributed by atoms with van der Waals surface area (Å²) < 4.78 is 78.3. The van der Waals surface area contributed by atoms with Crippen molar-refractivity contribution in [1.82, 2.24) is 14.8 Å². The third kappa shape index (κ3) is 6.58. The molecule has 2 aliphatic rings. The van der Waals surface area contributed by atoms with Gasteiger partial charge in [0.2, 0.25) is 5.56 Å². The zero-order valence-electron chi connectivity index (χ0n) is 23.6. The second-order valence-electron chi connectivity index (χ2n) is 10.7. The van der Waals surface area contributed by atoms with Crippen LogP contribution in [0.4, 0.5) is 38.1 Å². The highest BCUT2D eigenvalue weighted by atomic mass is 19.4. The number of aromatic nitrogens is 1. The summed E-state index contributed by atoms with van der Waals surface area (Å²) in [5, 5.41) is 2.23. The molecule has 228 valence electrons. The summed E-state index contributed by atoms with van der Waals surface area (Å²) in [6, 6.07) is 1.24. The third-order valence-electron chi connectivity index (χ3n) is 7.28. The molecule has 4 rings (SSSR count). The van der Waals surface area contributed by atoms with Gasteiger partial charge in [-0.25, -0.2) is 13.6 Å².